The lowest BCUT2D eigenvalue weighted by Crippen LogP contribution is -2.34. The third kappa shape index (κ3) is 5.07. The van der Waals surface area contributed by atoms with Crippen molar-refractivity contribution in [1.82, 2.24) is 0 Å². The van der Waals surface area contributed by atoms with Crippen molar-refractivity contribution in [3.63, 3.8) is 0 Å². The molecular weight excluding hydrogens is 444 g/mol. The molecule has 1 aliphatic carbocycles. The van der Waals surface area contributed by atoms with Crippen molar-refractivity contribution in [2.45, 2.75) is 90.6 Å². The Morgan fingerprint density at radius 1 is 0.861 bits per heavy atom. The number of hydrogen-bond acceptors (Lipinski definition) is 2. The van der Waals surface area contributed by atoms with E-state index in [2.05, 4.69) is 79.7 Å². The topological polar surface area (TPSA) is 46.5 Å². The molecule has 36 heavy (non-hydrogen) atoms. The number of benzene rings is 3. The minimum Gasteiger partial charge on any atom is -0.481 e. The molecule has 0 spiro atoms. The molecule has 190 valence electrons. The predicted octanol–water partition coefficient (Wildman–Crippen LogP) is 8.51. The Morgan fingerprint density at radius 3 is 1.89 bits per heavy atom. The minimum absolute atomic E-state index is 0.0675. The summed E-state index contributed by atoms with van der Waals surface area (Å²) in [6.45, 7) is 18.1. The fourth-order valence-corrected chi connectivity index (χ4v) is 5.30. The monoisotopic (exact) mass is 484 g/mol. The molecule has 0 bridgehead atoms. The molecule has 0 radical (unpaired) electrons. The van der Waals surface area contributed by atoms with Crippen LogP contribution in [0.1, 0.15) is 111 Å². The molecule has 3 heteroatoms. The summed E-state index contributed by atoms with van der Waals surface area (Å²) < 4.78 is 6.70. The van der Waals surface area contributed by atoms with Crippen molar-refractivity contribution < 1.29 is 14.6 Å². The summed E-state index contributed by atoms with van der Waals surface area (Å²) in [5, 5.41) is 9.41. The molecule has 0 fully saturated rings. The summed E-state index contributed by atoms with van der Waals surface area (Å²) in [6, 6.07) is 20.1. The number of carboxylic acids is 1. The smallest absolute Gasteiger partial charge is 0.335 e. The van der Waals surface area contributed by atoms with Gasteiger partial charge in [0.25, 0.3) is 0 Å². The highest BCUT2D eigenvalue weighted by Crippen LogP contribution is 2.47. The van der Waals surface area contributed by atoms with Gasteiger partial charge in [-0.1, -0.05) is 84.9 Å². The molecule has 0 aromatic heterocycles. The van der Waals surface area contributed by atoms with Crippen LogP contribution in [0.2, 0.25) is 0 Å². The van der Waals surface area contributed by atoms with Crippen LogP contribution in [-0.2, 0) is 16.2 Å². The molecule has 1 atom stereocenters. The van der Waals surface area contributed by atoms with Gasteiger partial charge in [0.2, 0.25) is 0 Å². The van der Waals surface area contributed by atoms with Crippen molar-refractivity contribution in [2.24, 2.45) is 0 Å². The second-order valence-electron chi connectivity index (χ2n) is 12.7. The lowest BCUT2D eigenvalue weighted by molar-refractivity contribution is 0.0696. The second-order valence-corrected chi connectivity index (χ2v) is 12.7. The van der Waals surface area contributed by atoms with E-state index in [4.69, 9.17) is 4.74 Å². The number of aromatic carboxylic acids is 1. The molecule has 1 aliphatic rings. The number of rotatable bonds is 5. The number of carbonyl (C=O) groups is 1. The van der Waals surface area contributed by atoms with Gasteiger partial charge < -0.3 is 9.84 Å². The standard InChI is InChI=1S/C33H40O3/c1-21-19-27-28(33(7,8)18-17-32(27,5)6)20-26(21)29(22-9-11-23(12-10-22)30(34)35)36-25-15-13-24(14-16-25)31(2,3)4/h9-16,19-20,29H,17-18H2,1-8H3,(H,34,35). The van der Waals surface area contributed by atoms with Crippen molar-refractivity contribution in [1.29, 1.82) is 0 Å². The van der Waals surface area contributed by atoms with Crippen LogP contribution < -0.4 is 4.74 Å². The highest BCUT2D eigenvalue weighted by atomic mass is 16.5. The van der Waals surface area contributed by atoms with Gasteiger partial charge in [0.15, 0.2) is 0 Å². The van der Waals surface area contributed by atoms with Crippen LogP contribution in [-0.4, -0.2) is 11.1 Å². The van der Waals surface area contributed by atoms with E-state index in [9.17, 15) is 9.90 Å². The van der Waals surface area contributed by atoms with Crippen LogP contribution in [0.15, 0.2) is 60.7 Å². The van der Waals surface area contributed by atoms with Crippen LogP contribution in [0.25, 0.3) is 0 Å². The summed E-state index contributed by atoms with van der Waals surface area (Å²) in [4.78, 5) is 11.5. The summed E-state index contributed by atoms with van der Waals surface area (Å²) in [7, 11) is 0. The van der Waals surface area contributed by atoms with Gasteiger partial charge in [-0.05, 0) is 88.1 Å². The number of carboxylic acid groups (broad SMARTS) is 1. The highest BCUT2D eigenvalue weighted by Gasteiger charge is 2.38. The van der Waals surface area contributed by atoms with Gasteiger partial charge in [-0.3, -0.25) is 0 Å². The third-order valence-corrected chi connectivity index (χ3v) is 7.96. The maximum absolute atomic E-state index is 11.5. The maximum atomic E-state index is 11.5. The Bertz CT molecular complexity index is 1260. The molecule has 3 nitrogen and oxygen atoms in total. The van der Waals surface area contributed by atoms with E-state index in [1.807, 2.05) is 24.3 Å². The van der Waals surface area contributed by atoms with Crippen molar-refractivity contribution >= 4 is 5.97 Å². The molecule has 3 aromatic carbocycles. The Hall–Kier alpha value is -3.07. The van der Waals surface area contributed by atoms with Crippen LogP contribution >= 0.6 is 0 Å². The normalized spacial score (nSPS) is 17.2. The van der Waals surface area contributed by atoms with E-state index in [1.54, 1.807) is 12.1 Å². The molecule has 1 N–H and O–H groups in total. The number of hydrogen-bond donors (Lipinski definition) is 1. The molecule has 3 aromatic rings. The SMILES string of the molecule is Cc1cc2c(cc1C(Oc1ccc(C(C)(C)C)cc1)c1ccc(C(=O)O)cc1)C(C)(C)CCC2(C)C. The zero-order chi connectivity index (χ0) is 26.5. The molecule has 0 saturated carbocycles. The van der Waals surface area contributed by atoms with Crippen LogP contribution in [0.3, 0.4) is 0 Å². The minimum atomic E-state index is -0.925. The first-order chi connectivity index (χ1) is 16.7. The maximum Gasteiger partial charge on any atom is 0.335 e. The second kappa shape index (κ2) is 9.10. The third-order valence-electron chi connectivity index (χ3n) is 7.96. The molecule has 1 unspecified atom stereocenters. The van der Waals surface area contributed by atoms with E-state index in [1.165, 1.54) is 28.7 Å². The zero-order valence-corrected chi connectivity index (χ0v) is 23.0. The van der Waals surface area contributed by atoms with E-state index in [0.29, 0.717) is 0 Å². The van der Waals surface area contributed by atoms with Gasteiger partial charge in [0.1, 0.15) is 11.9 Å². The zero-order valence-electron chi connectivity index (χ0n) is 23.0. The van der Waals surface area contributed by atoms with Crippen LogP contribution in [0.4, 0.5) is 0 Å². The molecule has 0 heterocycles. The fraction of sp³-hybridized carbons (Fsp3) is 0.424. The van der Waals surface area contributed by atoms with Gasteiger partial charge in [0, 0.05) is 5.56 Å². The molecular formula is C33H40O3. The lowest BCUT2D eigenvalue weighted by Gasteiger charge is -2.42. The Morgan fingerprint density at radius 2 is 1.39 bits per heavy atom. The molecule has 0 amide bonds. The Labute approximate surface area is 216 Å². The first-order valence-corrected chi connectivity index (χ1v) is 12.9. The largest absolute Gasteiger partial charge is 0.481 e. The summed E-state index contributed by atoms with van der Waals surface area (Å²) >= 11 is 0. The van der Waals surface area contributed by atoms with Gasteiger partial charge >= 0.3 is 5.97 Å². The molecule has 0 saturated heterocycles. The average molecular weight is 485 g/mol. The van der Waals surface area contributed by atoms with E-state index in [0.717, 1.165) is 23.3 Å². The van der Waals surface area contributed by atoms with Crippen molar-refractivity contribution in [3.8, 4) is 5.75 Å². The Balaban J connectivity index is 1.83. The van der Waals surface area contributed by atoms with E-state index in [-0.39, 0.29) is 27.9 Å². The summed E-state index contributed by atoms with van der Waals surface area (Å²) in [6.07, 6.45) is 1.96. The Kier molecular flexibility index (Phi) is 6.58. The predicted molar refractivity (Wildman–Crippen MR) is 147 cm³/mol. The first kappa shape index (κ1) is 26.0. The van der Waals surface area contributed by atoms with E-state index >= 15 is 0 Å². The van der Waals surface area contributed by atoms with Crippen LogP contribution in [0, 0.1) is 6.92 Å². The van der Waals surface area contributed by atoms with Crippen LogP contribution in [0.5, 0.6) is 5.75 Å². The number of fused-ring (bicyclic) bond motifs is 1. The molecule has 4 rings (SSSR count). The summed E-state index contributed by atoms with van der Waals surface area (Å²) in [5.41, 5.74) is 7.89. The average Bonchev–Trinajstić information content (AvgIpc) is 2.80. The lowest BCUT2D eigenvalue weighted by atomic mass is 9.62. The quantitative estimate of drug-likeness (QED) is 0.395. The van der Waals surface area contributed by atoms with Crippen molar-refractivity contribution in [2.75, 3.05) is 0 Å². The number of aryl methyl sites for hydroxylation is 1. The molecule has 0 aliphatic heterocycles. The first-order valence-electron chi connectivity index (χ1n) is 12.9. The highest BCUT2D eigenvalue weighted by molar-refractivity contribution is 5.87. The summed E-state index contributed by atoms with van der Waals surface area (Å²) in [5.74, 6) is -0.127. The van der Waals surface area contributed by atoms with Gasteiger partial charge in [-0.2, -0.15) is 0 Å². The van der Waals surface area contributed by atoms with Gasteiger partial charge in [-0.15, -0.1) is 0 Å². The van der Waals surface area contributed by atoms with Crippen molar-refractivity contribution in [3.05, 3.63) is 99.6 Å². The van der Waals surface area contributed by atoms with Gasteiger partial charge in [0.05, 0.1) is 5.56 Å². The van der Waals surface area contributed by atoms with E-state index < -0.39 is 5.97 Å². The van der Waals surface area contributed by atoms with Gasteiger partial charge in [-0.25, -0.2) is 4.79 Å². The fourth-order valence-electron chi connectivity index (χ4n) is 5.30. The number of ether oxygens (including phenoxy) is 1.